The van der Waals surface area contributed by atoms with E-state index in [9.17, 15) is 0 Å². The summed E-state index contributed by atoms with van der Waals surface area (Å²) in [6, 6.07) is 1.38. The predicted octanol–water partition coefficient (Wildman–Crippen LogP) is 2.39. The minimum Gasteiger partial charge on any atom is -0.381 e. The highest BCUT2D eigenvalue weighted by Gasteiger charge is 2.31. The molecule has 1 atom stereocenters. The van der Waals surface area contributed by atoms with Crippen LogP contribution in [0, 0.1) is 5.92 Å². The Morgan fingerprint density at radius 1 is 1.11 bits per heavy atom. The van der Waals surface area contributed by atoms with Gasteiger partial charge in [0.25, 0.3) is 0 Å². The summed E-state index contributed by atoms with van der Waals surface area (Å²) >= 11 is 0. The molecule has 0 radical (unpaired) electrons. The minimum atomic E-state index is 0.585. The van der Waals surface area contributed by atoms with Gasteiger partial charge in [-0.3, -0.25) is 4.90 Å². The molecule has 0 aromatic carbocycles. The summed E-state index contributed by atoms with van der Waals surface area (Å²) in [5, 5.41) is 0. The molecule has 106 valence electrons. The van der Waals surface area contributed by atoms with Crippen LogP contribution >= 0.6 is 0 Å². The van der Waals surface area contributed by atoms with Crippen LogP contribution in [-0.4, -0.2) is 43.3 Å². The number of nitrogens with two attached hydrogens (primary N) is 1. The summed E-state index contributed by atoms with van der Waals surface area (Å²) < 4.78 is 5.49. The van der Waals surface area contributed by atoms with Gasteiger partial charge in [-0.25, -0.2) is 0 Å². The molecule has 1 saturated heterocycles. The van der Waals surface area contributed by atoms with Crippen molar-refractivity contribution in [3.05, 3.63) is 0 Å². The molecular weight excluding hydrogens is 224 g/mol. The van der Waals surface area contributed by atoms with E-state index in [0.29, 0.717) is 6.04 Å². The molecule has 0 aromatic rings. The van der Waals surface area contributed by atoms with E-state index >= 15 is 0 Å². The van der Waals surface area contributed by atoms with Crippen LogP contribution in [0.4, 0.5) is 0 Å². The Kier molecular flexibility index (Phi) is 5.93. The van der Waals surface area contributed by atoms with Gasteiger partial charge in [0.2, 0.25) is 0 Å². The quantitative estimate of drug-likeness (QED) is 0.819. The monoisotopic (exact) mass is 254 g/mol. The van der Waals surface area contributed by atoms with Crippen LogP contribution in [0.1, 0.15) is 51.9 Å². The number of likely N-dealkylation sites (N-methyl/N-ethyl adjacent to an activating group) is 1. The summed E-state index contributed by atoms with van der Waals surface area (Å²) in [6.07, 6.45) is 9.41. The maximum Gasteiger partial charge on any atom is 0.0469 e. The molecule has 18 heavy (non-hydrogen) atoms. The van der Waals surface area contributed by atoms with E-state index in [1.54, 1.807) is 0 Å². The average Bonchev–Trinajstić information content (AvgIpc) is 2.46. The maximum absolute atomic E-state index is 6.10. The van der Waals surface area contributed by atoms with E-state index < -0.39 is 0 Å². The summed E-state index contributed by atoms with van der Waals surface area (Å²) in [6.45, 7) is 6.14. The average molecular weight is 254 g/mol. The molecule has 3 nitrogen and oxygen atoms in total. The van der Waals surface area contributed by atoms with E-state index in [0.717, 1.165) is 38.3 Å². The third-order valence-electron chi connectivity index (χ3n) is 4.89. The molecule has 0 spiro atoms. The lowest BCUT2D eigenvalue weighted by atomic mass is 9.87. The van der Waals surface area contributed by atoms with E-state index in [4.69, 9.17) is 10.5 Å². The van der Waals surface area contributed by atoms with E-state index in [-0.39, 0.29) is 0 Å². The van der Waals surface area contributed by atoms with Crippen molar-refractivity contribution < 1.29 is 4.74 Å². The van der Waals surface area contributed by atoms with Crippen LogP contribution in [0.5, 0.6) is 0 Å². The van der Waals surface area contributed by atoms with Crippen molar-refractivity contribution in [3.8, 4) is 0 Å². The van der Waals surface area contributed by atoms with Crippen LogP contribution in [0.25, 0.3) is 0 Å². The minimum absolute atomic E-state index is 0.585. The zero-order valence-corrected chi connectivity index (χ0v) is 11.9. The molecule has 1 saturated carbocycles. The van der Waals surface area contributed by atoms with Crippen molar-refractivity contribution in [2.45, 2.75) is 64.0 Å². The van der Waals surface area contributed by atoms with Crippen LogP contribution in [-0.2, 0) is 4.74 Å². The molecule has 1 aliphatic heterocycles. The molecule has 2 rings (SSSR count). The van der Waals surface area contributed by atoms with Gasteiger partial charge < -0.3 is 10.5 Å². The Balaban J connectivity index is 1.97. The Morgan fingerprint density at radius 3 is 2.33 bits per heavy atom. The van der Waals surface area contributed by atoms with Gasteiger partial charge in [-0.05, 0) is 38.1 Å². The van der Waals surface area contributed by atoms with Crippen LogP contribution in [0.3, 0.4) is 0 Å². The Labute approximate surface area is 112 Å². The van der Waals surface area contributed by atoms with Crippen molar-refractivity contribution in [3.63, 3.8) is 0 Å². The molecule has 3 heteroatoms. The number of hydrogen-bond acceptors (Lipinski definition) is 3. The summed E-state index contributed by atoms with van der Waals surface area (Å²) in [7, 11) is 0. The van der Waals surface area contributed by atoms with Crippen molar-refractivity contribution in [2.75, 3.05) is 26.3 Å². The highest BCUT2D eigenvalue weighted by molar-refractivity contribution is 4.86. The highest BCUT2D eigenvalue weighted by atomic mass is 16.5. The van der Waals surface area contributed by atoms with Gasteiger partial charge >= 0.3 is 0 Å². The fourth-order valence-corrected chi connectivity index (χ4v) is 3.88. The second-order valence-corrected chi connectivity index (χ2v) is 5.88. The van der Waals surface area contributed by atoms with Crippen molar-refractivity contribution in [1.29, 1.82) is 0 Å². The van der Waals surface area contributed by atoms with Gasteiger partial charge in [-0.2, -0.15) is 0 Å². The summed E-state index contributed by atoms with van der Waals surface area (Å²) in [5.41, 5.74) is 6.10. The van der Waals surface area contributed by atoms with E-state index in [1.165, 1.54) is 44.9 Å². The maximum atomic E-state index is 6.10. The van der Waals surface area contributed by atoms with Gasteiger partial charge in [0.15, 0.2) is 0 Å². The highest BCUT2D eigenvalue weighted by Crippen LogP contribution is 2.29. The normalized spacial score (nSPS) is 25.5. The lowest BCUT2D eigenvalue weighted by Crippen LogP contribution is -2.52. The molecular formula is C15H30N2O. The van der Waals surface area contributed by atoms with Gasteiger partial charge in [0, 0.05) is 31.8 Å². The van der Waals surface area contributed by atoms with Gasteiger partial charge in [-0.15, -0.1) is 0 Å². The molecule has 1 unspecified atom stereocenters. The molecule has 1 aliphatic carbocycles. The first-order valence-electron chi connectivity index (χ1n) is 7.90. The number of hydrogen-bond donors (Lipinski definition) is 1. The second kappa shape index (κ2) is 7.46. The standard InChI is InChI=1S/C15H30N2O/c1-2-17(14-6-4-3-5-7-14)15(12-16)13-8-10-18-11-9-13/h13-15H,2-12,16H2,1H3. The first-order valence-corrected chi connectivity index (χ1v) is 7.90. The largest absolute Gasteiger partial charge is 0.381 e. The molecule has 2 aliphatic rings. The SMILES string of the molecule is CCN(C1CCCCC1)C(CN)C1CCOCC1. The first-order chi connectivity index (χ1) is 8.86. The number of nitrogens with zero attached hydrogens (tertiary/aromatic N) is 1. The second-order valence-electron chi connectivity index (χ2n) is 5.88. The van der Waals surface area contributed by atoms with Crippen molar-refractivity contribution in [1.82, 2.24) is 4.90 Å². The fourth-order valence-electron chi connectivity index (χ4n) is 3.88. The Morgan fingerprint density at radius 2 is 1.78 bits per heavy atom. The van der Waals surface area contributed by atoms with E-state index in [2.05, 4.69) is 11.8 Å². The zero-order chi connectivity index (χ0) is 12.8. The third kappa shape index (κ3) is 3.46. The summed E-state index contributed by atoms with van der Waals surface area (Å²) in [4.78, 5) is 2.72. The summed E-state index contributed by atoms with van der Waals surface area (Å²) in [5.74, 6) is 0.755. The van der Waals surface area contributed by atoms with Crippen LogP contribution in [0.2, 0.25) is 0 Å². The number of rotatable bonds is 5. The lowest BCUT2D eigenvalue weighted by Gasteiger charge is -2.43. The van der Waals surface area contributed by atoms with Crippen molar-refractivity contribution >= 4 is 0 Å². The smallest absolute Gasteiger partial charge is 0.0469 e. The Bertz CT molecular complexity index is 199. The third-order valence-corrected chi connectivity index (χ3v) is 4.89. The molecule has 2 N–H and O–H groups in total. The van der Waals surface area contributed by atoms with Crippen LogP contribution < -0.4 is 5.73 Å². The molecule has 0 amide bonds. The van der Waals surface area contributed by atoms with Crippen LogP contribution in [0.15, 0.2) is 0 Å². The van der Waals surface area contributed by atoms with Crippen molar-refractivity contribution in [2.24, 2.45) is 11.7 Å². The molecule has 2 fully saturated rings. The topological polar surface area (TPSA) is 38.5 Å². The molecule has 0 bridgehead atoms. The van der Waals surface area contributed by atoms with Gasteiger partial charge in [0.05, 0.1) is 0 Å². The fraction of sp³-hybridized carbons (Fsp3) is 1.00. The first kappa shape index (κ1) is 14.3. The molecule has 1 heterocycles. The Hall–Kier alpha value is -0.120. The van der Waals surface area contributed by atoms with Gasteiger partial charge in [-0.1, -0.05) is 26.2 Å². The predicted molar refractivity (Wildman–Crippen MR) is 75.6 cm³/mol. The van der Waals surface area contributed by atoms with E-state index in [1.807, 2.05) is 0 Å². The zero-order valence-electron chi connectivity index (χ0n) is 11.9. The lowest BCUT2D eigenvalue weighted by molar-refractivity contribution is 0.0102. The van der Waals surface area contributed by atoms with Gasteiger partial charge in [0.1, 0.15) is 0 Å². The number of ether oxygens (including phenoxy) is 1. The molecule has 0 aromatic heterocycles.